The number of nitrogens with one attached hydrogen (secondary N) is 2. The third-order valence-electron chi connectivity index (χ3n) is 1.01. The monoisotopic (exact) mass is 232 g/mol. The number of hydrazone groups is 2. The first-order valence-corrected chi connectivity index (χ1v) is 4.49. The van der Waals surface area contributed by atoms with Crippen molar-refractivity contribution in [1.82, 2.24) is 10.9 Å². The van der Waals surface area contributed by atoms with Crippen molar-refractivity contribution in [3.05, 3.63) is 0 Å². The van der Waals surface area contributed by atoms with E-state index in [0.29, 0.717) is 6.42 Å². The second kappa shape index (κ2) is 7.15. The molecule has 0 fully saturated rings. The fourth-order valence-electron chi connectivity index (χ4n) is 0.483. The Hall–Kier alpha value is -1.28. The minimum atomic E-state index is 0.122. The molecule has 6 N–H and O–H groups in total. The van der Waals surface area contributed by atoms with Gasteiger partial charge < -0.3 is 11.5 Å². The van der Waals surface area contributed by atoms with E-state index in [1.807, 2.05) is 0 Å². The van der Waals surface area contributed by atoms with E-state index < -0.39 is 0 Å². The van der Waals surface area contributed by atoms with Crippen LogP contribution < -0.4 is 22.3 Å². The van der Waals surface area contributed by atoms with E-state index in [-0.39, 0.29) is 10.2 Å². The number of hydrogen-bond acceptors (Lipinski definition) is 4. The molecule has 0 unspecified atom stereocenters. The maximum absolute atomic E-state index is 5.17. The van der Waals surface area contributed by atoms with Crippen molar-refractivity contribution in [3.63, 3.8) is 0 Å². The number of hydrogen-bond donors (Lipinski definition) is 4. The topological polar surface area (TPSA) is 101 Å². The van der Waals surface area contributed by atoms with Gasteiger partial charge in [0.2, 0.25) is 0 Å². The molecule has 0 aliphatic heterocycles. The number of nitrogens with zero attached hydrogens (tertiary/aromatic N) is 2. The zero-order chi connectivity index (χ0) is 11.0. The molecule has 6 nitrogen and oxygen atoms in total. The first-order valence-electron chi connectivity index (χ1n) is 3.68. The van der Waals surface area contributed by atoms with E-state index in [9.17, 15) is 0 Å². The van der Waals surface area contributed by atoms with Crippen LogP contribution in [0.1, 0.15) is 13.3 Å². The second-order valence-corrected chi connectivity index (χ2v) is 3.19. The Morgan fingerprint density at radius 1 is 1.29 bits per heavy atom. The van der Waals surface area contributed by atoms with Crippen LogP contribution in [0.5, 0.6) is 0 Å². The molecule has 0 amide bonds. The van der Waals surface area contributed by atoms with E-state index in [1.165, 1.54) is 0 Å². The molecule has 0 bridgehead atoms. The van der Waals surface area contributed by atoms with Crippen LogP contribution in [0.4, 0.5) is 0 Å². The lowest BCUT2D eigenvalue weighted by Crippen LogP contribution is -2.25. The molecule has 0 heterocycles. The summed E-state index contributed by atoms with van der Waals surface area (Å²) in [6, 6.07) is 0. The Balaban J connectivity index is 3.77. The van der Waals surface area contributed by atoms with Crippen molar-refractivity contribution in [2.75, 3.05) is 0 Å². The molecule has 0 rings (SSSR count). The van der Waals surface area contributed by atoms with Crippen molar-refractivity contribution >= 4 is 46.6 Å². The maximum Gasteiger partial charge on any atom is 0.184 e. The second-order valence-electron chi connectivity index (χ2n) is 2.31. The van der Waals surface area contributed by atoms with Crippen LogP contribution in [0.15, 0.2) is 10.2 Å². The van der Waals surface area contributed by atoms with Crippen molar-refractivity contribution in [2.45, 2.75) is 13.3 Å². The molecule has 0 aromatic heterocycles. The summed E-state index contributed by atoms with van der Waals surface area (Å²) in [5.74, 6) is 0. The number of thiocarbonyl (C=S) groups is 2. The molecule has 0 aliphatic rings. The summed E-state index contributed by atoms with van der Waals surface area (Å²) < 4.78 is 0. The van der Waals surface area contributed by atoms with Gasteiger partial charge in [-0.05, 0) is 31.4 Å². The average Bonchev–Trinajstić information content (AvgIpc) is 2.08. The fourth-order valence-corrected chi connectivity index (χ4v) is 0.582. The Morgan fingerprint density at radius 2 is 1.86 bits per heavy atom. The van der Waals surface area contributed by atoms with Crippen molar-refractivity contribution in [2.24, 2.45) is 21.7 Å². The van der Waals surface area contributed by atoms with Crippen LogP contribution in [-0.4, -0.2) is 22.2 Å². The van der Waals surface area contributed by atoms with Gasteiger partial charge in [0.15, 0.2) is 10.2 Å². The normalized spacial score (nSPS) is 11.4. The van der Waals surface area contributed by atoms with Gasteiger partial charge in [0.05, 0.1) is 0 Å². The summed E-state index contributed by atoms with van der Waals surface area (Å²) in [5.41, 5.74) is 16.0. The Bertz CT molecular complexity index is 271. The minimum Gasteiger partial charge on any atom is -0.375 e. The first kappa shape index (κ1) is 12.7. The Morgan fingerprint density at radius 3 is 2.36 bits per heavy atom. The lowest BCUT2D eigenvalue weighted by Gasteiger charge is -1.97. The smallest absolute Gasteiger partial charge is 0.184 e. The third-order valence-corrected chi connectivity index (χ3v) is 1.19. The van der Waals surface area contributed by atoms with Crippen molar-refractivity contribution in [1.29, 1.82) is 0 Å². The minimum absolute atomic E-state index is 0.122. The van der Waals surface area contributed by atoms with Crippen LogP contribution in [0.25, 0.3) is 0 Å². The van der Waals surface area contributed by atoms with E-state index in [2.05, 4.69) is 45.5 Å². The first-order chi connectivity index (χ1) is 6.52. The summed E-state index contributed by atoms with van der Waals surface area (Å²) in [4.78, 5) is 0. The molecular weight excluding hydrogens is 220 g/mol. The predicted molar refractivity (Wildman–Crippen MR) is 66.1 cm³/mol. The van der Waals surface area contributed by atoms with Gasteiger partial charge in [0.1, 0.15) is 0 Å². The molecule has 0 aromatic carbocycles. The molecule has 0 spiro atoms. The number of nitrogens with two attached hydrogens (primary N) is 2. The Kier molecular flexibility index (Phi) is 6.50. The molecule has 0 aliphatic carbocycles. The van der Waals surface area contributed by atoms with Crippen LogP contribution in [-0.2, 0) is 0 Å². The van der Waals surface area contributed by atoms with Crippen molar-refractivity contribution < 1.29 is 0 Å². The number of rotatable bonds is 4. The van der Waals surface area contributed by atoms with Crippen LogP contribution >= 0.6 is 24.4 Å². The molecule has 0 saturated heterocycles. The molecule has 14 heavy (non-hydrogen) atoms. The average molecular weight is 232 g/mol. The SMILES string of the molecule is CC(CC=NNC(N)=S)=NNC(N)=S. The summed E-state index contributed by atoms with van der Waals surface area (Å²) in [7, 11) is 0. The lowest BCUT2D eigenvalue weighted by molar-refractivity contribution is 1.01. The quantitative estimate of drug-likeness (QED) is 0.293. The van der Waals surface area contributed by atoms with Gasteiger partial charge in [0.25, 0.3) is 0 Å². The van der Waals surface area contributed by atoms with Crippen LogP contribution in [0.3, 0.4) is 0 Å². The fraction of sp³-hybridized carbons (Fsp3) is 0.333. The van der Waals surface area contributed by atoms with E-state index in [0.717, 1.165) is 5.71 Å². The van der Waals surface area contributed by atoms with Crippen LogP contribution in [0.2, 0.25) is 0 Å². The van der Waals surface area contributed by atoms with Crippen molar-refractivity contribution in [3.8, 4) is 0 Å². The molecule has 0 saturated carbocycles. The highest BCUT2D eigenvalue weighted by Gasteiger charge is 1.88. The van der Waals surface area contributed by atoms with Gasteiger partial charge in [-0.15, -0.1) is 0 Å². The van der Waals surface area contributed by atoms with Gasteiger partial charge in [0, 0.05) is 18.3 Å². The van der Waals surface area contributed by atoms with Gasteiger partial charge in [-0.2, -0.15) is 10.2 Å². The summed E-state index contributed by atoms with van der Waals surface area (Å²) in [6.45, 7) is 1.80. The molecule has 8 heteroatoms. The summed E-state index contributed by atoms with van der Waals surface area (Å²) in [5, 5.41) is 7.83. The zero-order valence-electron chi connectivity index (χ0n) is 7.65. The highest BCUT2D eigenvalue weighted by molar-refractivity contribution is 7.80. The Labute approximate surface area is 92.8 Å². The van der Waals surface area contributed by atoms with Gasteiger partial charge in [-0.25, -0.2) is 0 Å². The van der Waals surface area contributed by atoms with Gasteiger partial charge >= 0.3 is 0 Å². The summed E-state index contributed by atoms with van der Waals surface area (Å²) >= 11 is 9.10. The molecular formula is C6H12N6S2. The van der Waals surface area contributed by atoms with E-state index in [1.54, 1.807) is 13.1 Å². The third kappa shape index (κ3) is 8.81. The summed E-state index contributed by atoms with van der Waals surface area (Å²) in [6.07, 6.45) is 2.13. The van der Waals surface area contributed by atoms with E-state index in [4.69, 9.17) is 11.5 Å². The largest absolute Gasteiger partial charge is 0.375 e. The standard InChI is InChI=1S/C6H12N6S2/c1-4(10-12-6(8)14)2-3-9-11-5(7)13/h3H,2H2,1H3,(H3,7,11,13)(H3,8,12,14). The highest BCUT2D eigenvalue weighted by atomic mass is 32.1. The van der Waals surface area contributed by atoms with Gasteiger partial charge in [-0.1, -0.05) is 0 Å². The molecule has 78 valence electrons. The molecule has 0 radical (unpaired) electrons. The van der Waals surface area contributed by atoms with Gasteiger partial charge in [-0.3, -0.25) is 10.9 Å². The molecule has 0 aromatic rings. The predicted octanol–water partition coefficient (Wildman–Crippen LogP) is -0.595. The maximum atomic E-state index is 5.17. The zero-order valence-corrected chi connectivity index (χ0v) is 9.28. The molecule has 0 atom stereocenters. The van der Waals surface area contributed by atoms with Crippen LogP contribution in [0, 0.1) is 0 Å². The van der Waals surface area contributed by atoms with E-state index >= 15 is 0 Å². The highest BCUT2D eigenvalue weighted by Crippen LogP contribution is 1.80. The lowest BCUT2D eigenvalue weighted by atomic mass is 10.3.